The summed E-state index contributed by atoms with van der Waals surface area (Å²) in [5, 5.41) is 0.252. The normalized spacial score (nSPS) is 10.3. The number of aromatic nitrogens is 1. The Morgan fingerprint density at radius 1 is 1.45 bits per heavy atom. The van der Waals surface area contributed by atoms with E-state index < -0.39 is 0 Å². The lowest BCUT2D eigenvalue weighted by Gasteiger charge is -2.09. The highest BCUT2D eigenvalue weighted by molar-refractivity contribution is 9.09. The highest BCUT2D eigenvalue weighted by atomic mass is 79.9. The molecule has 0 radical (unpaired) electrons. The molecule has 106 valence electrons. The molecule has 1 heterocycles. The first-order valence-electron chi connectivity index (χ1n) is 5.95. The lowest BCUT2D eigenvalue weighted by Crippen LogP contribution is -2.04. The summed E-state index contributed by atoms with van der Waals surface area (Å²) in [6.07, 6.45) is 1.55. The third-order valence-electron chi connectivity index (χ3n) is 2.65. The molecule has 0 aliphatic rings. The largest absolute Gasteiger partial charge is 0.496 e. The minimum Gasteiger partial charge on any atom is -0.496 e. The Morgan fingerprint density at radius 2 is 2.25 bits per heavy atom. The van der Waals surface area contributed by atoms with Gasteiger partial charge in [-0.1, -0.05) is 15.9 Å². The number of carbonyl (C=O) groups excluding carboxylic acids is 1. The first-order chi connectivity index (χ1) is 9.63. The summed E-state index contributed by atoms with van der Waals surface area (Å²) in [7, 11) is 1.52. The van der Waals surface area contributed by atoms with Gasteiger partial charge < -0.3 is 13.9 Å². The molecular formula is C14H14BrNO4. The Morgan fingerprint density at radius 3 is 2.85 bits per heavy atom. The van der Waals surface area contributed by atoms with Gasteiger partial charge in [0.05, 0.1) is 18.0 Å². The number of alkyl halides is 1. The van der Waals surface area contributed by atoms with Gasteiger partial charge in [-0.05, 0) is 12.1 Å². The zero-order chi connectivity index (χ0) is 14.5. The number of ketones is 1. The molecular weight excluding hydrogens is 326 g/mol. The molecule has 5 nitrogen and oxygen atoms in total. The number of methoxy groups -OCH3 is 1. The summed E-state index contributed by atoms with van der Waals surface area (Å²) >= 11 is 3.14. The molecule has 0 amide bonds. The number of aryl methyl sites for hydroxylation is 1. The van der Waals surface area contributed by atoms with Gasteiger partial charge in [0, 0.05) is 13.0 Å². The summed E-state index contributed by atoms with van der Waals surface area (Å²) in [6.45, 7) is 2.07. The standard InChI is InChI=1S/C14H14BrNO4/c1-9-16-10(7-19-9)8-20-11-3-4-12(13(17)6-15)14(5-11)18-2/h3-5,7H,6,8H2,1-2H3. The van der Waals surface area contributed by atoms with Crippen LogP contribution in [0.2, 0.25) is 0 Å². The maximum atomic E-state index is 11.7. The van der Waals surface area contributed by atoms with E-state index in [-0.39, 0.29) is 11.1 Å². The molecule has 6 heteroatoms. The number of hydrogen-bond donors (Lipinski definition) is 0. The van der Waals surface area contributed by atoms with Crippen molar-refractivity contribution in [2.75, 3.05) is 12.4 Å². The van der Waals surface area contributed by atoms with Gasteiger partial charge in [-0.2, -0.15) is 0 Å². The Hall–Kier alpha value is -1.82. The number of nitrogens with zero attached hydrogens (tertiary/aromatic N) is 1. The summed E-state index contributed by atoms with van der Waals surface area (Å²) in [6, 6.07) is 5.10. The topological polar surface area (TPSA) is 61.6 Å². The van der Waals surface area contributed by atoms with Gasteiger partial charge in [0.2, 0.25) is 0 Å². The molecule has 20 heavy (non-hydrogen) atoms. The minimum absolute atomic E-state index is 0.0412. The number of rotatable bonds is 6. The van der Waals surface area contributed by atoms with E-state index in [1.54, 1.807) is 31.4 Å². The molecule has 0 atom stereocenters. The average Bonchev–Trinajstić information content (AvgIpc) is 2.89. The summed E-state index contributed by atoms with van der Waals surface area (Å²) < 4.78 is 15.9. The molecule has 0 aliphatic carbocycles. The van der Waals surface area contributed by atoms with Crippen LogP contribution in [0.3, 0.4) is 0 Å². The maximum Gasteiger partial charge on any atom is 0.191 e. The van der Waals surface area contributed by atoms with Crippen molar-refractivity contribution in [2.45, 2.75) is 13.5 Å². The molecule has 0 fully saturated rings. The Balaban J connectivity index is 2.11. The smallest absolute Gasteiger partial charge is 0.191 e. The van der Waals surface area contributed by atoms with Gasteiger partial charge in [-0.3, -0.25) is 4.79 Å². The van der Waals surface area contributed by atoms with Crippen molar-refractivity contribution in [2.24, 2.45) is 0 Å². The van der Waals surface area contributed by atoms with E-state index in [1.165, 1.54) is 7.11 Å². The van der Waals surface area contributed by atoms with Crippen LogP contribution in [0.4, 0.5) is 0 Å². The predicted octanol–water partition coefficient (Wildman–Crippen LogP) is 3.15. The van der Waals surface area contributed by atoms with E-state index >= 15 is 0 Å². The number of ether oxygens (including phenoxy) is 2. The van der Waals surface area contributed by atoms with E-state index in [1.807, 2.05) is 0 Å². The van der Waals surface area contributed by atoms with Crippen LogP contribution in [0, 0.1) is 6.92 Å². The number of hydrogen-bond acceptors (Lipinski definition) is 5. The number of benzene rings is 1. The second kappa shape index (κ2) is 6.56. The van der Waals surface area contributed by atoms with Crippen LogP contribution in [-0.4, -0.2) is 23.2 Å². The third kappa shape index (κ3) is 3.39. The van der Waals surface area contributed by atoms with Gasteiger partial charge in [-0.25, -0.2) is 4.98 Å². The fourth-order valence-corrected chi connectivity index (χ4v) is 2.00. The molecule has 2 rings (SSSR count). The zero-order valence-corrected chi connectivity index (χ0v) is 12.8. The molecule has 0 aliphatic heterocycles. The molecule has 1 aromatic carbocycles. The summed E-state index contributed by atoms with van der Waals surface area (Å²) in [5.74, 6) is 1.65. The van der Waals surface area contributed by atoms with Crippen LogP contribution in [-0.2, 0) is 6.61 Å². The van der Waals surface area contributed by atoms with Gasteiger partial charge in [0.15, 0.2) is 11.7 Å². The number of oxazole rings is 1. The van der Waals surface area contributed by atoms with E-state index in [0.717, 1.165) is 0 Å². The van der Waals surface area contributed by atoms with E-state index in [9.17, 15) is 4.79 Å². The van der Waals surface area contributed by atoms with Crippen molar-refractivity contribution in [3.8, 4) is 11.5 Å². The first-order valence-corrected chi connectivity index (χ1v) is 7.07. The van der Waals surface area contributed by atoms with Crippen LogP contribution >= 0.6 is 15.9 Å². The van der Waals surface area contributed by atoms with Gasteiger partial charge in [0.1, 0.15) is 30.1 Å². The molecule has 1 aromatic heterocycles. The van der Waals surface area contributed by atoms with E-state index in [2.05, 4.69) is 20.9 Å². The summed E-state index contributed by atoms with van der Waals surface area (Å²) in [5.41, 5.74) is 1.23. The van der Waals surface area contributed by atoms with Crippen molar-refractivity contribution in [3.05, 3.63) is 41.6 Å². The van der Waals surface area contributed by atoms with Crippen LogP contribution in [0.15, 0.2) is 28.9 Å². The summed E-state index contributed by atoms with van der Waals surface area (Å²) in [4.78, 5) is 15.8. The molecule has 0 saturated heterocycles. The van der Waals surface area contributed by atoms with Crippen LogP contribution < -0.4 is 9.47 Å². The lowest BCUT2D eigenvalue weighted by molar-refractivity contribution is 0.102. The fourth-order valence-electron chi connectivity index (χ4n) is 1.70. The molecule has 0 bridgehead atoms. The van der Waals surface area contributed by atoms with Gasteiger partial charge >= 0.3 is 0 Å². The third-order valence-corrected chi connectivity index (χ3v) is 3.16. The molecule has 0 saturated carbocycles. The van der Waals surface area contributed by atoms with Gasteiger partial charge in [-0.15, -0.1) is 0 Å². The van der Waals surface area contributed by atoms with Crippen molar-refractivity contribution in [3.63, 3.8) is 0 Å². The highest BCUT2D eigenvalue weighted by Gasteiger charge is 2.12. The highest BCUT2D eigenvalue weighted by Crippen LogP contribution is 2.26. The number of Topliss-reactive ketones (excluding diaryl/α,β-unsaturated/α-hetero) is 1. The van der Waals surface area contributed by atoms with Crippen molar-refractivity contribution in [1.29, 1.82) is 0 Å². The average molecular weight is 340 g/mol. The predicted molar refractivity (Wildman–Crippen MR) is 76.7 cm³/mol. The minimum atomic E-state index is -0.0412. The van der Waals surface area contributed by atoms with Crippen LogP contribution in [0.25, 0.3) is 0 Å². The Kier molecular flexibility index (Phi) is 4.79. The van der Waals surface area contributed by atoms with Crippen LogP contribution in [0.1, 0.15) is 21.9 Å². The zero-order valence-electron chi connectivity index (χ0n) is 11.2. The van der Waals surface area contributed by atoms with Crippen molar-refractivity contribution >= 4 is 21.7 Å². The van der Waals surface area contributed by atoms with Crippen molar-refractivity contribution in [1.82, 2.24) is 4.98 Å². The van der Waals surface area contributed by atoms with E-state index in [0.29, 0.717) is 35.3 Å². The second-order valence-corrected chi connectivity index (χ2v) is 4.63. The molecule has 0 N–H and O–H groups in total. The molecule has 0 spiro atoms. The first kappa shape index (κ1) is 14.6. The Bertz CT molecular complexity index is 609. The monoisotopic (exact) mass is 339 g/mol. The fraction of sp³-hybridized carbons (Fsp3) is 0.286. The van der Waals surface area contributed by atoms with Crippen LogP contribution in [0.5, 0.6) is 11.5 Å². The van der Waals surface area contributed by atoms with E-state index in [4.69, 9.17) is 13.9 Å². The quantitative estimate of drug-likeness (QED) is 0.597. The SMILES string of the molecule is COc1cc(OCc2coc(C)n2)ccc1C(=O)CBr. The van der Waals surface area contributed by atoms with Gasteiger partial charge in [0.25, 0.3) is 0 Å². The number of carbonyl (C=O) groups is 1. The van der Waals surface area contributed by atoms with Crippen molar-refractivity contribution < 1.29 is 18.7 Å². The molecule has 2 aromatic rings. The Labute approximate surface area is 125 Å². The number of halogens is 1. The maximum absolute atomic E-state index is 11.7. The molecule has 0 unspecified atom stereocenters. The second-order valence-electron chi connectivity index (χ2n) is 4.07. The lowest BCUT2D eigenvalue weighted by atomic mass is 10.1.